The first-order chi connectivity index (χ1) is 9.95. The Labute approximate surface area is 135 Å². The van der Waals surface area contributed by atoms with Crippen molar-refractivity contribution < 1.29 is 0 Å². The van der Waals surface area contributed by atoms with Gasteiger partial charge in [0.25, 0.3) is 0 Å². The minimum absolute atomic E-state index is 0.638. The van der Waals surface area contributed by atoms with Gasteiger partial charge in [-0.1, -0.05) is 35.8 Å². The van der Waals surface area contributed by atoms with Gasteiger partial charge >= 0.3 is 0 Å². The Morgan fingerprint density at radius 3 is 2.57 bits per heavy atom. The first kappa shape index (κ1) is 16.1. The molecule has 0 amide bonds. The van der Waals surface area contributed by atoms with Gasteiger partial charge in [-0.05, 0) is 50.1 Å². The van der Waals surface area contributed by atoms with Crippen LogP contribution < -0.4 is 5.32 Å². The maximum atomic E-state index is 4.69. The Morgan fingerprint density at radius 1 is 1.14 bits per heavy atom. The molecule has 112 valence electrons. The summed E-state index contributed by atoms with van der Waals surface area (Å²) in [6.07, 6.45) is 0. The van der Waals surface area contributed by atoms with Gasteiger partial charge in [0.15, 0.2) is 5.82 Å². The number of benzene rings is 1. The summed E-state index contributed by atoms with van der Waals surface area (Å²) in [6, 6.07) is 8.29. The third kappa shape index (κ3) is 4.61. The molecule has 0 radical (unpaired) electrons. The lowest BCUT2D eigenvalue weighted by Crippen LogP contribution is -2.20. The Hall–Kier alpha value is -1.26. The summed E-state index contributed by atoms with van der Waals surface area (Å²) in [5.74, 6) is 1.42. The molecule has 3 nitrogen and oxygen atoms in total. The highest BCUT2D eigenvalue weighted by molar-refractivity contribution is 9.10. The van der Waals surface area contributed by atoms with Crippen LogP contribution in [0.4, 0.5) is 0 Å². The van der Waals surface area contributed by atoms with Gasteiger partial charge < -0.3 is 5.32 Å². The summed E-state index contributed by atoms with van der Waals surface area (Å²) >= 11 is 3.61. The Morgan fingerprint density at radius 2 is 1.90 bits per heavy atom. The van der Waals surface area contributed by atoms with Gasteiger partial charge in [0, 0.05) is 22.3 Å². The van der Waals surface area contributed by atoms with Gasteiger partial charge in [0.1, 0.15) is 0 Å². The van der Waals surface area contributed by atoms with Crippen LogP contribution in [-0.2, 0) is 6.54 Å². The molecule has 4 heteroatoms. The molecule has 0 aliphatic rings. The van der Waals surface area contributed by atoms with Crippen molar-refractivity contribution in [3.05, 3.63) is 45.7 Å². The van der Waals surface area contributed by atoms with Crippen LogP contribution in [0.2, 0.25) is 0 Å². The monoisotopic (exact) mass is 347 g/mol. The fourth-order valence-corrected chi connectivity index (χ4v) is 2.81. The van der Waals surface area contributed by atoms with E-state index in [1.165, 1.54) is 5.56 Å². The highest BCUT2D eigenvalue weighted by atomic mass is 79.9. The number of hydrogen-bond acceptors (Lipinski definition) is 3. The minimum atomic E-state index is 0.638. The van der Waals surface area contributed by atoms with E-state index in [1.54, 1.807) is 0 Å². The molecular formula is C17H22BrN3. The van der Waals surface area contributed by atoms with Gasteiger partial charge in [0.2, 0.25) is 0 Å². The van der Waals surface area contributed by atoms with E-state index in [9.17, 15) is 0 Å². The normalized spacial score (nSPS) is 11.1. The lowest BCUT2D eigenvalue weighted by molar-refractivity contribution is 0.548. The molecule has 0 fully saturated rings. The van der Waals surface area contributed by atoms with E-state index in [4.69, 9.17) is 0 Å². The number of halogens is 1. The van der Waals surface area contributed by atoms with Crippen molar-refractivity contribution in [2.45, 2.75) is 34.2 Å². The smallest absolute Gasteiger partial charge is 0.160 e. The van der Waals surface area contributed by atoms with Crippen molar-refractivity contribution in [2.24, 2.45) is 5.92 Å². The van der Waals surface area contributed by atoms with Crippen LogP contribution in [0.5, 0.6) is 0 Å². The predicted molar refractivity (Wildman–Crippen MR) is 91.2 cm³/mol. The molecule has 2 aromatic rings. The third-order valence-electron chi connectivity index (χ3n) is 3.13. The number of aryl methyl sites for hydroxylation is 2. The summed E-state index contributed by atoms with van der Waals surface area (Å²) < 4.78 is 1.04. The Bertz CT molecular complexity index is 623. The van der Waals surface area contributed by atoms with Gasteiger partial charge in [-0.2, -0.15) is 0 Å². The number of hydrogen-bond donors (Lipinski definition) is 1. The van der Waals surface area contributed by atoms with Crippen LogP contribution >= 0.6 is 15.9 Å². The Balaban J connectivity index is 2.26. The van der Waals surface area contributed by atoms with Crippen LogP contribution in [0.25, 0.3) is 11.4 Å². The average molecular weight is 348 g/mol. The van der Waals surface area contributed by atoms with Crippen molar-refractivity contribution in [1.29, 1.82) is 0 Å². The lowest BCUT2D eigenvalue weighted by atomic mass is 10.1. The third-order valence-corrected chi connectivity index (χ3v) is 3.79. The zero-order valence-electron chi connectivity index (χ0n) is 13.1. The van der Waals surface area contributed by atoms with Gasteiger partial charge in [-0.15, -0.1) is 0 Å². The fourth-order valence-electron chi connectivity index (χ4n) is 2.14. The number of nitrogens with one attached hydrogen (secondary N) is 1. The highest BCUT2D eigenvalue weighted by Gasteiger charge is 2.09. The topological polar surface area (TPSA) is 37.8 Å². The van der Waals surface area contributed by atoms with E-state index in [-0.39, 0.29) is 0 Å². The van der Waals surface area contributed by atoms with E-state index < -0.39 is 0 Å². The largest absolute Gasteiger partial charge is 0.311 e. The summed E-state index contributed by atoms with van der Waals surface area (Å²) in [5.41, 5.74) is 4.28. The molecule has 1 aromatic carbocycles. The second-order valence-corrected chi connectivity index (χ2v) is 6.69. The average Bonchev–Trinajstić information content (AvgIpc) is 2.37. The number of aromatic nitrogens is 2. The number of rotatable bonds is 5. The summed E-state index contributed by atoms with van der Waals surface area (Å²) in [7, 11) is 0. The van der Waals surface area contributed by atoms with E-state index in [0.717, 1.165) is 40.3 Å². The highest BCUT2D eigenvalue weighted by Crippen LogP contribution is 2.26. The van der Waals surface area contributed by atoms with Gasteiger partial charge in [-0.3, -0.25) is 0 Å². The van der Waals surface area contributed by atoms with Crippen molar-refractivity contribution in [3.8, 4) is 11.4 Å². The molecule has 0 bridgehead atoms. The molecule has 2 rings (SSSR count). The molecule has 21 heavy (non-hydrogen) atoms. The van der Waals surface area contributed by atoms with Crippen molar-refractivity contribution in [2.75, 3.05) is 6.54 Å². The van der Waals surface area contributed by atoms with Crippen molar-refractivity contribution in [3.63, 3.8) is 0 Å². The molecule has 0 unspecified atom stereocenters. The van der Waals surface area contributed by atoms with E-state index in [1.807, 2.05) is 13.0 Å². The molecule has 1 N–H and O–H groups in total. The fraction of sp³-hybridized carbons (Fsp3) is 0.412. The van der Waals surface area contributed by atoms with Crippen LogP contribution in [0, 0.1) is 19.8 Å². The van der Waals surface area contributed by atoms with Gasteiger partial charge in [0.05, 0.1) is 5.69 Å². The minimum Gasteiger partial charge on any atom is -0.311 e. The van der Waals surface area contributed by atoms with Crippen molar-refractivity contribution in [1.82, 2.24) is 15.3 Å². The van der Waals surface area contributed by atoms with E-state index in [2.05, 4.69) is 70.2 Å². The van der Waals surface area contributed by atoms with Crippen LogP contribution in [0.3, 0.4) is 0 Å². The maximum Gasteiger partial charge on any atom is 0.160 e. The second-order valence-electron chi connectivity index (χ2n) is 5.83. The predicted octanol–water partition coefficient (Wildman–Crippen LogP) is 4.27. The molecule has 1 heterocycles. The summed E-state index contributed by atoms with van der Waals surface area (Å²) in [6.45, 7) is 10.3. The molecule has 0 saturated heterocycles. The SMILES string of the molecule is Cc1ccc(-c2nc(C)cc(CNCC(C)C)n2)c(Br)c1. The molecule has 1 aromatic heterocycles. The maximum absolute atomic E-state index is 4.69. The molecule has 0 atom stereocenters. The second kappa shape index (κ2) is 7.14. The zero-order chi connectivity index (χ0) is 15.4. The molecular weight excluding hydrogens is 326 g/mol. The quantitative estimate of drug-likeness (QED) is 0.877. The molecule has 0 saturated carbocycles. The van der Waals surface area contributed by atoms with Gasteiger partial charge in [-0.25, -0.2) is 9.97 Å². The molecule has 0 aliphatic carbocycles. The first-order valence-electron chi connectivity index (χ1n) is 7.27. The van der Waals surface area contributed by atoms with Crippen LogP contribution in [0.1, 0.15) is 30.8 Å². The number of nitrogens with zero attached hydrogens (tertiary/aromatic N) is 2. The lowest BCUT2D eigenvalue weighted by Gasteiger charge is -2.10. The zero-order valence-corrected chi connectivity index (χ0v) is 14.7. The van der Waals surface area contributed by atoms with E-state index in [0.29, 0.717) is 5.92 Å². The van der Waals surface area contributed by atoms with Crippen LogP contribution in [0.15, 0.2) is 28.7 Å². The first-order valence-corrected chi connectivity index (χ1v) is 8.07. The molecule has 0 aliphatic heterocycles. The van der Waals surface area contributed by atoms with Crippen molar-refractivity contribution >= 4 is 15.9 Å². The Kier molecular flexibility index (Phi) is 5.48. The summed E-state index contributed by atoms with van der Waals surface area (Å²) in [5, 5.41) is 3.43. The molecule has 0 spiro atoms. The summed E-state index contributed by atoms with van der Waals surface area (Å²) in [4.78, 5) is 9.26. The van der Waals surface area contributed by atoms with Crippen LogP contribution in [-0.4, -0.2) is 16.5 Å². The standard InChI is InChI=1S/C17H22BrN3/c1-11(2)9-19-10-14-8-13(4)20-17(21-14)15-6-5-12(3)7-16(15)18/h5-8,11,19H,9-10H2,1-4H3. The van der Waals surface area contributed by atoms with E-state index >= 15 is 0 Å².